The highest BCUT2D eigenvalue weighted by Crippen LogP contribution is 2.21. The number of carboxylic acid groups (broad SMARTS) is 1. The van der Waals surface area contributed by atoms with Crippen LogP contribution in [-0.2, 0) is 0 Å². The summed E-state index contributed by atoms with van der Waals surface area (Å²) in [5, 5.41) is 9.63. The molecule has 104 valence electrons. The molecule has 2 N–H and O–H groups in total. The maximum atomic E-state index is 12.2. The number of hydrogen-bond donors (Lipinski definition) is 2. The normalized spacial score (nSPS) is 10.7. The van der Waals surface area contributed by atoms with Gasteiger partial charge in [-0.25, -0.2) is 4.79 Å². The lowest BCUT2D eigenvalue weighted by molar-refractivity contribution is 0.0699. The molecule has 0 amide bonds. The van der Waals surface area contributed by atoms with Gasteiger partial charge in [-0.2, -0.15) is 0 Å². The standard InChI is InChI=1S/C17H13NO3/c1-10-5-7-11(8-6-10)14-9-15(19)12-3-2-4-13(17(20)21)16(12)18-14/h2-9H,1H3,(H,18,19)(H,20,21). The summed E-state index contributed by atoms with van der Waals surface area (Å²) in [4.78, 5) is 26.6. The lowest BCUT2D eigenvalue weighted by atomic mass is 10.1. The number of aromatic amines is 1. The third kappa shape index (κ3) is 2.31. The van der Waals surface area contributed by atoms with Gasteiger partial charge < -0.3 is 10.1 Å². The Morgan fingerprint density at radius 3 is 2.48 bits per heavy atom. The van der Waals surface area contributed by atoms with E-state index in [1.54, 1.807) is 12.1 Å². The van der Waals surface area contributed by atoms with Crippen molar-refractivity contribution in [3.8, 4) is 11.3 Å². The maximum Gasteiger partial charge on any atom is 0.337 e. The number of hydrogen-bond acceptors (Lipinski definition) is 2. The summed E-state index contributed by atoms with van der Waals surface area (Å²) in [6.45, 7) is 1.98. The summed E-state index contributed by atoms with van der Waals surface area (Å²) in [6, 6.07) is 13.9. The van der Waals surface area contributed by atoms with Crippen LogP contribution in [-0.4, -0.2) is 16.1 Å². The van der Waals surface area contributed by atoms with Crippen molar-refractivity contribution in [3.05, 3.63) is 69.9 Å². The van der Waals surface area contributed by atoms with Crippen LogP contribution in [0.25, 0.3) is 22.2 Å². The van der Waals surface area contributed by atoms with Gasteiger partial charge >= 0.3 is 5.97 Å². The Morgan fingerprint density at radius 1 is 1.10 bits per heavy atom. The minimum Gasteiger partial charge on any atom is -0.478 e. The van der Waals surface area contributed by atoms with E-state index in [1.807, 2.05) is 31.2 Å². The minimum absolute atomic E-state index is 0.0959. The summed E-state index contributed by atoms with van der Waals surface area (Å²) in [5.74, 6) is -1.06. The van der Waals surface area contributed by atoms with Gasteiger partial charge in [0, 0.05) is 17.1 Å². The molecule has 4 nitrogen and oxygen atoms in total. The Balaban J connectivity index is 2.31. The number of carbonyl (C=O) groups is 1. The van der Waals surface area contributed by atoms with E-state index in [0.29, 0.717) is 16.6 Å². The first kappa shape index (κ1) is 13.1. The van der Waals surface area contributed by atoms with Crippen molar-refractivity contribution in [2.24, 2.45) is 0 Å². The molecule has 21 heavy (non-hydrogen) atoms. The molecule has 0 aliphatic heterocycles. The van der Waals surface area contributed by atoms with Gasteiger partial charge in [-0.1, -0.05) is 35.9 Å². The fourth-order valence-electron chi connectivity index (χ4n) is 2.34. The molecule has 0 radical (unpaired) electrons. The molecule has 0 atom stereocenters. The molecule has 0 saturated carbocycles. The lowest BCUT2D eigenvalue weighted by Gasteiger charge is -2.07. The lowest BCUT2D eigenvalue weighted by Crippen LogP contribution is -2.07. The van der Waals surface area contributed by atoms with Crippen LogP contribution in [0, 0.1) is 6.92 Å². The third-order valence-electron chi connectivity index (χ3n) is 3.46. The number of carboxylic acids is 1. The van der Waals surface area contributed by atoms with Crippen LogP contribution in [0.3, 0.4) is 0 Å². The quantitative estimate of drug-likeness (QED) is 0.756. The third-order valence-corrected chi connectivity index (χ3v) is 3.46. The Bertz CT molecular complexity index is 892. The molecule has 0 saturated heterocycles. The van der Waals surface area contributed by atoms with Crippen LogP contribution in [0.2, 0.25) is 0 Å². The zero-order valence-corrected chi connectivity index (χ0v) is 11.4. The Hall–Kier alpha value is -2.88. The molecule has 2 aromatic carbocycles. The summed E-state index contributed by atoms with van der Waals surface area (Å²) < 4.78 is 0. The molecule has 4 heteroatoms. The van der Waals surface area contributed by atoms with Gasteiger partial charge in [-0.05, 0) is 24.6 Å². The Kier molecular flexibility index (Phi) is 3.06. The Labute approximate surface area is 120 Å². The van der Waals surface area contributed by atoms with Crippen molar-refractivity contribution < 1.29 is 9.90 Å². The van der Waals surface area contributed by atoms with Crippen molar-refractivity contribution in [2.75, 3.05) is 0 Å². The van der Waals surface area contributed by atoms with Gasteiger partial charge in [-0.15, -0.1) is 0 Å². The fourth-order valence-corrected chi connectivity index (χ4v) is 2.34. The molecule has 1 heterocycles. The first-order valence-electron chi connectivity index (χ1n) is 6.52. The number of rotatable bonds is 2. The molecule has 3 rings (SSSR count). The number of aromatic nitrogens is 1. The van der Waals surface area contributed by atoms with Gasteiger partial charge in [0.1, 0.15) is 0 Å². The number of aromatic carboxylic acids is 1. The van der Waals surface area contributed by atoms with Crippen molar-refractivity contribution in [2.45, 2.75) is 6.92 Å². The Morgan fingerprint density at radius 2 is 1.81 bits per heavy atom. The van der Waals surface area contributed by atoms with E-state index in [0.717, 1.165) is 11.1 Å². The van der Waals surface area contributed by atoms with Gasteiger partial charge in [0.15, 0.2) is 5.43 Å². The number of fused-ring (bicyclic) bond motifs is 1. The first-order chi connectivity index (χ1) is 10.1. The highest BCUT2D eigenvalue weighted by molar-refractivity contribution is 6.02. The average molecular weight is 279 g/mol. The predicted octanol–water partition coefficient (Wildman–Crippen LogP) is 3.20. The highest BCUT2D eigenvalue weighted by Gasteiger charge is 2.12. The summed E-state index contributed by atoms with van der Waals surface area (Å²) in [5.41, 5.74) is 2.84. The smallest absolute Gasteiger partial charge is 0.337 e. The molecule has 0 spiro atoms. The van der Waals surface area contributed by atoms with Crippen molar-refractivity contribution in [3.63, 3.8) is 0 Å². The number of pyridine rings is 1. The van der Waals surface area contributed by atoms with E-state index in [1.165, 1.54) is 12.1 Å². The number of benzene rings is 2. The zero-order valence-electron chi connectivity index (χ0n) is 11.4. The van der Waals surface area contributed by atoms with E-state index >= 15 is 0 Å². The second-order valence-electron chi connectivity index (χ2n) is 4.95. The second-order valence-corrected chi connectivity index (χ2v) is 4.95. The summed E-state index contributed by atoms with van der Waals surface area (Å²) >= 11 is 0. The minimum atomic E-state index is -1.06. The highest BCUT2D eigenvalue weighted by atomic mass is 16.4. The van der Waals surface area contributed by atoms with E-state index in [2.05, 4.69) is 4.98 Å². The monoisotopic (exact) mass is 279 g/mol. The number of para-hydroxylation sites is 1. The van der Waals surface area contributed by atoms with Crippen molar-refractivity contribution >= 4 is 16.9 Å². The molecule has 0 bridgehead atoms. The SMILES string of the molecule is Cc1ccc(-c2cc(=O)c3cccc(C(=O)O)c3[nH]2)cc1. The fraction of sp³-hybridized carbons (Fsp3) is 0.0588. The maximum absolute atomic E-state index is 12.2. The molecule has 0 unspecified atom stereocenters. The molecule has 1 aromatic heterocycles. The number of nitrogens with one attached hydrogen (secondary N) is 1. The van der Waals surface area contributed by atoms with Crippen LogP contribution < -0.4 is 5.43 Å². The van der Waals surface area contributed by atoms with Crippen molar-refractivity contribution in [1.82, 2.24) is 4.98 Å². The van der Waals surface area contributed by atoms with E-state index in [9.17, 15) is 14.7 Å². The number of aryl methyl sites for hydroxylation is 1. The van der Waals surface area contributed by atoms with Gasteiger partial charge in [-0.3, -0.25) is 4.79 Å². The van der Waals surface area contributed by atoms with Gasteiger partial charge in [0.2, 0.25) is 0 Å². The topological polar surface area (TPSA) is 70.2 Å². The van der Waals surface area contributed by atoms with Crippen LogP contribution >= 0.6 is 0 Å². The zero-order chi connectivity index (χ0) is 15.0. The number of H-pyrrole nitrogens is 1. The summed E-state index contributed by atoms with van der Waals surface area (Å²) in [6.07, 6.45) is 0. The van der Waals surface area contributed by atoms with Crippen LogP contribution in [0.15, 0.2) is 53.3 Å². The first-order valence-corrected chi connectivity index (χ1v) is 6.52. The van der Waals surface area contributed by atoms with Gasteiger partial charge in [0.25, 0.3) is 0 Å². The molecule has 0 fully saturated rings. The molecular formula is C17H13NO3. The molecule has 0 aliphatic carbocycles. The molecule has 3 aromatic rings. The van der Waals surface area contributed by atoms with E-state index < -0.39 is 5.97 Å². The molecular weight excluding hydrogens is 266 g/mol. The molecule has 0 aliphatic rings. The predicted molar refractivity (Wildman–Crippen MR) is 81.7 cm³/mol. The van der Waals surface area contributed by atoms with Crippen LogP contribution in [0.1, 0.15) is 15.9 Å². The second kappa shape index (κ2) is 4.90. The van der Waals surface area contributed by atoms with E-state index in [-0.39, 0.29) is 11.0 Å². The largest absolute Gasteiger partial charge is 0.478 e. The van der Waals surface area contributed by atoms with Gasteiger partial charge in [0.05, 0.1) is 11.1 Å². The van der Waals surface area contributed by atoms with Crippen LogP contribution in [0.5, 0.6) is 0 Å². The van der Waals surface area contributed by atoms with E-state index in [4.69, 9.17) is 0 Å². The summed E-state index contributed by atoms with van der Waals surface area (Å²) in [7, 11) is 0. The van der Waals surface area contributed by atoms with Crippen molar-refractivity contribution in [1.29, 1.82) is 0 Å². The van der Waals surface area contributed by atoms with Crippen LogP contribution in [0.4, 0.5) is 0 Å². The average Bonchev–Trinajstić information content (AvgIpc) is 2.47.